The number of rotatable bonds is 5. The molecule has 0 aliphatic carbocycles. The number of hydrogen-bond acceptors (Lipinski definition) is 4. The summed E-state index contributed by atoms with van der Waals surface area (Å²) in [4.78, 5) is 4.54. The Bertz CT molecular complexity index is 622. The Morgan fingerprint density at radius 2 is 1.92 bits per heavy atom. The number of benzene rings is 1. The van der Waals surface area contributed by atoms with Crippen molar-refractivity contribution in [1.82, 2.24) is 9.80 Å². The van der Waals surface area contributed by atoms with Gasteiger partial charge in [0.25, 0.3) is 0 Å². The van der Waals surface area contributed by atoms with Crippen molar-refractivity contribution in [2.75, 3.05) is 33.7 Å². The Morgan fingerprint density at radius 1 is 1.12 bits per heavy atom. The van der Waals surface area contributed by atoms with Crippen molar-refractivity contribution in [3.63, 3.8) is 0 Å². The van der Waals surface area contributed by atoms with E-state index in [1.54, 1.807) is 6.26 Å². The molecule has 1 N–H and O–H groups in total. The van der Waals surface area contributed by atoms with Gasteiger partial charge >= 0.3 is 0 Å². The lowest BCUT2D eigenvalue weighted by atomic mass is 9.94. The lowest BCUT2D eigenvalue weighted by molar-refractivity contribution is 0.00258. The molecule has 0 bridgehead atoms. The molecule has 1 aromatic carbocycles. The molecule has 1 aliphatic heterocycles. The molecule has 0 radical (unpaired) electrons. The highest BCUT2D eigenvalue weighted by Gasteiger charge is 2.30. The van der Waals surface area contributed by atoms with Crippen molar-refractivity contribution in [1.29, 1.82) is 0 Å². The van der Waals surface area contributed by atoms with Gasteiger partial charge in [-0.15, -0.1) is 0 Å². The fraction of sp³-hybridized carbons (Fsp3) is 0.500. The van der Waals surface area contributed by atoms with Crippen LogP contribution in [0.4, 0.5) is 0 Å². The summed E-state index contributed by atoms with van der Waals surface area (Å²) in [7, 11) is 4.06. The fourth-order valence-electron chi connectivity index (χ4n) is 3.62. The van der Waals surface area contributed by atoms with E-state index in [-0.39, 0.29) is 0 Å². The molecule has 1 atom stereocenters. The highest BCUT2D eigenvalue weighted by atomic mass is 16.3. The zero-order chi connectivity index (χ0) is 17.0. The van der Waals surface area contributed by atoms with E-state index in [0.29, 0.717) is 0 Å². The normalized spacial score (nSPS) is 22.7. The van der Waals surface area contributed by atoms with Gasteiger partial charge in [0, 0.05) is 25.2 Å². The van der Waals surface area contributed by atoms with E-state index in [2.05, 4.69) is 34.1 Å². The lowest BCUT2D eigenvalue weighted by Crippen LogP contribution is -2.40. The van der Waals surface area contributed by atoms with Crippen molar-refractivity contribution in [3.05, 3.63) is 48.2 Å². The molecule has 130 valence electrons. The summed E-state index contributed by atoms with van der Waals surface area (Å²) in [5.41, 5.74) is 1.88. The van der Waals surface area contributed by atoms with Crippen LogP contribution in [0, 0.1) is 0 Å². The van der Waals surface area contributed by atoms with Crippen molar-refractivity contribution in [3.8, 4) is 11.3 Å². The number of hydrogen-bond donors (Lipinski definition) is 1. The van der Waals surface area contributed by atoms with E-state index in [9.17, 15) is 5.11 Å². The fourth-order valence-corrected chi connectivity index (χ4v) is 3.62. The number of furan rings is 1. The van der Waals surface area contributed by atoms with Crippen molar-refractivity contribution >= 4 is 0 Å². The molecule has 0 saturated carbocycles. The topological polar surface area (TPSA) is 39.9 Å². The summed E-state index contributed by atoms with van der Waals surface area (Å²) in [6.45, 7) is 3.69. The van der Waals surface area contributed by atoms with Gasteiger partial charge in [-0.3, -0.25) is 4.90 Å². The summed E-state index contributed by atoms with van der Waals surface area (Å²) in [5, 5.41) is 10.8. The average Bonchev–Trinajstić information content (AvgIpc) is 3.01. The minimum absolute atomic E-state index is 0.540. The summed E-state index contributed by atoms with van der Waals surface area (Å²) in [6.07, 6.45) is 4.49. The first kappa shape index (κ1) is 17.2. The number of nitrogens with zero attached hydrogens (tertiary/aromatic N) is 2. The number of likely N-dealkylation sites (tertiary alicyclic amines) is 1. The molecule has 2 aromatic rings. The van der Waals surface area contributed by atoms with Gasteiger partial charge in [-0.1, -0.05) is 24.3 Å². The molecule has 1 saturated heterocycles. The maximum Gasteiger partial charge on any atom is 0.133 e. The van der Waals surface area contributed by atoms with Crippen molar-refractivity contribution < 1.29 is 9.52 Å². The van der Waals surface area contributed by atoms with Crippen LogP contribution in [0.2, 0.25) is 0 Å². The first-order valence-corrected chi connectivity index (χ1v) is 8.76. The SMILES string of the molecule is CN(C)C[C@]1(O)CCCN(Cc2ccc(-c3ccco3)cc2)CC1. The molecule has 4 heteroatoms. The molecule has 2 heterocycles. The monoisotopic (exact) mass is 328 g/mol. The average molecular weight is 328 g/mol. The van der Waals surface area contributed by atoms with Crippen LogP contribution < -0.4 is 0 Å². The Hall–Kier alpha value is -1.62. The molecule has 0 amide bonds. The largest absolute Gasteiger partial charge is 0.464 e. The second-order valence-corrected chi connectivity index (χ2v) is 7.27. The van der Waals surface area contributed by atoms with Gasteiger partial charge < -0.3 is 14.4 Å². The zero-order valence-electron chi connectivity index (χ0n) is 14.7. The third-order valence-electron chi connectivity index (χ3n) is 4.79. The van der Waals surface area contributed by atoms with Crippen LogP contribution in [0.3, 0.4) is 0 Å². The minimum Gasteiger partial charge on any atom is -0.464 e. The highest BCUT2D eigenvalue weighted by Crippen LogP contribution is 2.25. The van der Waals surface area contributed by atoms with Gasteiger partial charge in [0.15, 0.2) is 0 Å². The third kappa shape index (κ3) is 4.47. The van der Waals surface area contributed by atoms with Gasteiger partial charge in [-0.2, -0.15) is 0 Å². The molecule has 1 aliphatic rings. The lowest BCUT2D eigenvalue weighted by Gasteiger charge is -2.30. The summed E-state index contributed by atoms with van der Waals surface area (Å²) in [5.74, 6) is 0.907. The highest BCUT2D eigenvalue weighted by molar-refractivity contribution is 5.57. The molecule has 4 nitrogen and oxygen atoms in total. The van der Waals surface area contributed by atoms with Gasteiger partial charge in [-0.25, -0.2) is 0 Å². The first-order chi connectivity index (χ1) is 11.5. The van der Waals surface area contributed by atoms with Gasteiger partial charge in [0.2, 0.25) is 0 Å². The van der Waals surface area contributed by atoms with E-state index >= 15 is 0 Å². The summed E-state index contributed by atoms with van der Waals surface area (Å²) < 4.78 is 5.44. The molecular weight excluding hydrogens is 300 g/mol. The summed E-state index contributed by atoms with van der Waals surface area (Å²) >= 11 is 0. The Morgan fingerprint density at radius 3 is 2.58 bits per heavy atom. The molecule has 1 aromatic heterocycles. The summed E-state index contributed by atoms with van der Waals surface area (Å²) in [6, 6.07) is 12.5. The van der Waals surface area contributed by atoms with E-state index in [1.807, 2.05) is 26.2 Å². The molecule has 24 heavy (non-hydrogen) atoms. The van der Waals surface area contributed by atoms with Crippen LogP contribution in [-0.4, -0.2) is 54.2 Å². The standard InChI is InChI=1S/C20H28N2O2/c1-21(2)16-20(23)10-4-12-22(13-11-20)15-17-6-8-18(9-7-17)19-5-3-14-24-19/h3,5-9,14,23H,4,10-13,15-16H2,1-2H3/t20-/m0/s1. The van der Waals surface area contributed by atoms with E-state index in [0.717, 1.165) is 56.8 Å². The third-order valence-corrected chi connectivity index (χ3v) is 4.79. The molecule has 0 unspecified atom stereocenters. The van der Waals surface area contributed by atoms with Crippen LogP contribution in [0.15, 0.2) is 47.1 Å². The predicted molar refractivity (Wildman–Crippen MR) is 96.8 cm³/mol. The minimum atomic E-state index is -0.540. The molecule has 1 fully saturated rings. The van der Waals surface area contributed by atoms with Crippen molar-refractivity contribution in [2.45, 2.75) is 31.4 Å². The van der Waals surface area contributed by atoms with Crippen LogP contribution in [0.25, 0.3) is 11.3 Å². The van der Waals surface area contributed by atoms with Crippen LogP contribution >= 0.6 is 0 Å². The second kappa shape index (κ2) is 7.51. The van der Waals surface area contributed by atoms with Crippen LogP contribution in [0.5, 0.6) is 0 Å². The Labute approximate surface area is 144 Å². The number of aliphatic hydroxyl groups is 1. The molecular formula is C20H28N2O2. The van der Waals surface area contributed by atoms with Gasteiger partial charge in [-0.05, 0) is 57.6 Å². The smallest absolute Gasteiger partial charge is 0.133 e. The predicted octanol–water partition coefficient (Wildman–Crippen LogP) is 3.23. The first-order valence-electron chi connectivity index (χ1n) is 8.76. The van der Waals surface area contributed by atoms with Crippen LogP contribution in [-0.2, 0) is 6.54 Å². The Kier molecular flexibility index (Phi) is 5.39. The molecule has 0 spiro atoms. The van der Waals surface area contributed by atoms with Gasteiger partial charge in [0.05, 0.1) is 11.9 Å². The second-order valence-electron chi connectivity index (χ2n) is 7.27. The van der Waals surface area contributed by atoms with Crippen LogP contribution in [0.1, 0.15) is 24.8 Å². The van der Waals surface area contributed by atoms with E-state index in [1.165, 1.54) is 5.56 Å². The van der Waals surface area contributed by atoms with Gasteiger partial charge in [0.1, 0.15) is 5.76 Å². The Balaban J connectivity index is 1.58. The van der Waals surface area contributed by atoms with E-state index in [4.69, 9.17) is 4.42 Å². The maximum atomic E-state index is 10.8. The quantitative estimate of drug-likeness (QED) is 0.915. The van der Waals surface area contributed by atoms with Crippen molar-refractivity contribution in [2.24, 2.45) is 0 Å². The number of likely N-dealkylation sites (N-methyl/N-ethyl adjacent to an activating group) is 1. The molecule has 3 rings (SSSR count). The maximum absolute atomic E-state index is 10.8. The zero-order valence-corrected chi connectivity index (χ0v) is 14.7. The van der Waals surface area contributed by atoms with E-state index < -0.39 is 5.60 Å².